The molecule has 15 heavy (non-hydrogen) atoms. The summed E-state index contributed by atoms with van der Waals surface area (Å²) in [6.45, 7) is 8.62. The van der Waals surface area contributed by atoms with E-state index in [4.69, 9.17) is 5.41 Å². The van der Waals surface area contributed by atoms with E-state index in [9.17, 15) is 0 Å². The molecule has 0 spiro atoms. The van der Waals surface area contributed by atoms with Crippen LogP contribution in [0.25, 0.3) is 0 Å². The molecule has 1 N–H and O–H groups in total. The van der Waals surface area contributed by atoms with E-state index >= 15 is 0 Å². The molecule has 3 heteroatoms. The van der Waals surface area contributed by atoms with Crippen molar-refractivity contribution < 1.29 is 0 Å². The standard InChI is InChI=1S/C12H25N3/c1-12(2,3)11(13)15(5)10-7-6-8-14(4)9-10/h10,13H,6-9H2,1-5H3. The largest absolute Gasteiger partial charge is 0.359 e. The third kappa shape index (κ3) is 3.20. The van der Waals surface area contributed by atoms with Crippen molar-refractivity contribution in [1.82, 2.24) is 9.80 Å². The van der Waals surface area contributed by atoms with Crippen LogP contribution >= 0.6 is 0 Å². The van der Waals surface area contributed by atoms with Crippen molar-refractivity contribution in [2.24, 2.45) is 5.41 Å². The molecule has 1 fully saturated rings. The summed E-state index contributed by atoms with van der Waals surface area (Å²) in [7, 11) is 4.23. The van der Waals surface area contributed by atoms with Crippen molar-refractivity contribution in [3.05, 3.63) is 0 Å². The Morgan fingerprint density at radius 2 is 2.00 bits per heavy atom. The Morgan fingerprint density at radius 1 is 1.40 bits per heavy atom. The van der Waals surface area contributed by atoms with E-state index in [0.29, 0.717) is 6.04 Å². The van der Waals surface area contributed by atoms with Crippen molar-refractivity contribution in [2.45, 2.75) is 39.7 Å². The first-order valence-electron chi connectivity index (χ1n) is 5.83. The van der Waals surface area contributed by atoms with Crippen molar-refractivity contribution >= 4 is 5.84 Å². The number of rotatable bonds is 1. The summed E-state index contributed by atoms with van der Waals surface area (Å²) in [6, 6.07) is 0.524. The van der Waals surface area contributed by atoms with Gasteiger partial charge < -0.3 is 9.80 Å². The van der Waals surface area contributed by atoms with Crippen LogP contribution in [-0.4, -0.2) is 48.9 Å². The zero-order valence-electron chi connectivity index (χ0n) is 10.8. The second-order valence-corrected chi connectivity index (χ2v) is 5.77. The molecule has 0 saturated carbocycles. The lowest BCUT2D eigenvalue weighted by molar-refractivity contribution is 0.174. The number of nitrogens with zero attached hydrogens (tertiary/aromatic N) is 2. The molecular weight excluding hydrogens is 186 g/mol. The summed E-state index contributed by atoms with van der Waals surface area (Å²) in [6.07, 6.45) is 2.47. The lowest BCUT2D eigenvalue weighted by atomic mass is 9.92. The number of hydrogen-bond acceptors (Lipinski definition) is 2. The van der Waals surface area contributed by atoms with E-state index in [1.807, 2.05) is 0 Å². The van der Waals surface area contributed by atoms with Crippen molar-refractivity contribution in [3.8, 4) is 0 Å². The van der Waals surface area contributed by atoms with E-state index in [1.54, 1.807) is 0 Å². The molecule has 88 valence electrons. The fraction of sp³-hybridized carbons (Fsp3) is 0.917. The van der Waals surface area contributed by atoms with Gasteiger partial charge in [0.1, 0.15) is 5.84 Å². The fourth-order valence-electron chi connectivity index (χ4n) is 2.17. The Morgan fingerprint density at radius 3 is 2.47 bits per heavy atom. The lowest BCUT2D eigenvalue weighted by Crippen LogP contribution is -2.50. The van der Waals surface area contributed by atoms with E-state index in [1.165, 1.54) is 19.4 Å². The Hall–Kier alpha value is -0.570. The lowest BCUT2D eigenvalue weighted by Gasteiger charge is -2.40. The average molecular weight is 211 g/mol. The van der Waals surface area contributed by atoms with Crippen LogP contribution in [0.1, 0.15) is 33.6 Å². The number of likely N-dealkylation sites (N-methyl/N-ethyl adjacent to an activating group) is 2. The smallest absolute Gasteiger partial charge is 0.101 e. The molecule has 1 aliphatic rings. The number of likely N-dealkylation sites (tertiary alicyclic amines) is 1. The highest BCUT2D eigenvalue weighted by molar-refractivity contribution is 5.84. The molecule has 0 aliphatic carbocycles. The minimum Gasteiger partial charge on any atom is -0.359 e. The molecule has 1 saturated heterocycles. The number of amidine groups is 1. The molecule has 0 aromatic heterocycles. The Balaban J connectivity index is 2.59. The third-order valence-electron chi connectivity index (χ3n) is 3.21. The molecule has 3 nitrogen and oxygen atoms in total. The number of piperidine rings is 1. The molecule has 0 radical (unpaired) electrons. The summed E-state index contributed by atoms with van der Waals surface area (Å²) >= 11 is 0. The van der Waals surface area contributed by atoms with Crippen LogP contribution in [0.5, 0.6) is 0 Å². The minimum absolute atomic E-state index is 0.0369. The summed E-state index contributed by atoms with van der Waals surface area (Å²) in [4.78, 5) is 4.52. The maximum Gasteiger partial charge on any atom is 0.101 e. The molecule has 1 rings (SSSR count). The minimum atomic E-state index is -0.0369. The van der Waals surface area contributed by atoms with Gasteiger partial charge in [-0.1, -0.05) is 20.8 Å². The maximum absolute atomic E-state index is 8.16. The van der Waals surface area contributed by atoms with Crippen molar-refractivity contribution in [3.63, 3.8) is 0 Å². The zero-order valence-corrected chi connectivity index (χ0v) is 10.8. The van der Waals surface area contributed by atoms with Gasteiger partial charge in [0.2, 0.25) is 0 Å². The van der Waals surface area contributed by atoms with Crippen LogP contribution in [0.4, 0.5) is 0 Å². The molecule has 1 heterocycles. The summed E-state index contributed by atoms with van der Waals surface area (Å²) in [5.41, 5.74) is -0.0369. The van der Waals surface area contributed by atoms with Crippen molar-refractivity contribution in [2.75, 3.05) is 27.2 Å². The molecular formula is C12H25N3. The molecule has 0 bridgehead atoms. The fourth-order valence-corrected chi connectivity index (χ4v) is 2.17. The first kappa shape index (κ1) is 12.5. The first-order valence-corrected chi connectivity index (χ1v) is 5.83. The second kappa shape index (κ2) is 4.52. The van der Waals surface area contributed by atoms with Crippen LogP contribution < -0.4 is 0 Å². The summed E-state index contributed by atoms with van der Waals surface area (Å²) in [5.74, 6) is 0.753. The quantitative estimate of drug-likeness (QED) is 0.531. The summed E-state index contributed by atoms with van der Waals surface area (Å²) in [5, 5.41) is 8.16. The van der Waals surface area contributed by atoms with Gasteiger partial charge in [-0.2, -0.15) is 0 Å². The molecule has 0 aromatic carbocycles. The Labute approximate surface area is 94.0 Å². The predicted molar refractivity (Wildman–Crippen MR) is 65.5 cm³/mol. The van der Waals surface area contributed by atoms with Crippen molar-refractivity contribution in [1.29, 1.82) is 5.41 Å². The predicted octanol–water partition coefficient (Wildman–Crippen LogP) is 2.04. The van der Waals surface area contributed by atoms with Crippen LogP contribution in [-0.2, 0) is 0 Å². The molecule has 0 amide bonds. The zero-order chi connectivity index (χ0) is 11.6. The van der Waals surface area contributed by atoms with Crippen LogP contribution in [0.3, 0.4) is 0 Å². The first-order chi connectivity index (χ1) is 6.82. The van der Waals surface area contributed by atoms with Gasteiger partial charge >= 0.3 is 0 Å². The summed E-state index contributed by atoms with van der Waals surface area (Å²) < 4.78 is 0. The maximum atomic E-state index is 8.16. The topological polar surface area (TPSA) is 30.3 Å². The van der Waals surface area contributed by atoms with Gasteiger partial charge in [0.05, 0.1) is 0 Å². The van der Waals surface area contributed by atoms with E-state index < -0.39 is 0 Å². The Bertz CT molecular complexity index is 230. The van der Waals surface area contributed by atoms with E-state index in [0.717, 1.165) is 12.4 Å². The van der Waals surface area contributed by atoms with Gasteiger partial charge in [-0.25, -0.2) is 0 Å². The van der Waals surface area contributed by atoms with Gasteiger partial charge in [0, 0.05) is 25.0 Å². The highest BCUT2D eigenvalue weighted by atomic mass is 15.2. The van der Waals surface area contributed by atoms with Gasteiger partial charge in [-0.3, -0.25) is 5.41 Å². The molecule has 1 aliphatic heterocycles. The SMILES string of the molecule is CN1CCCC(N(C)C(=N)C(C)(C)C)C1. The second-order valence-electron chi connectivity index (χ2n) is 5.77. The molecule has 1 atom stereocenters. The van der Waals surface area contributed by atoms with Gasteiger partial charge in [0.15, 0.2) is 0 Å². The normalized spacial score (nSPS) is 23.9. The van der Waals surface area contributed by atoms with Gasteiger partial charge in [0.25, 0.3) is 0 Å². The Kier molecular flexibility index (Phi) is 3.77. The number of nitrogens with one attached hydrogen (secondary N) is 1. The van der Waals surface area contributed by atoms with Gasteiger partial charge in [-0.15, -0.1) is 0 Å². The van der Waals surface area contributed by atoms with Crippen LogP contribution in [0.15, 0.2) is 0 Å². The molecule has 0 aromatic rings. The highest BCUT2D eigenvalue weighted by Gasteiger charge is 2.28. The third-order valence-corrected chi connectivity index (χ3v) is 3.21. The van der Waals surface area contributed by atoms with E-state index in [2.05, 4.69) is 44.7 Å². The van der Waals surface area contributed by atoms with Crippen LogP contribution in [0.2, 0.25) is 0 Å². The number of hydrogen-bond donors (Lipinski definition) is 1. The van der Waals surface area contributed by atoms with E-state index in [-0.39, 0.29) is 5.41 Å². The monoisotopic (exact) mass is 211 g/mol. The van der Waals surface area contributed by atoms with Gasteiger partial charge in [-0.05, 0) is 26.4 Å². The van der Waals surface area contributed by atoms with Crippen LogP contribution in [0, 0.1) is 10.8 Å². The highest BCUT2D eigenvalue weighted by Crippen LogP contribution is 2.21. The average Bonchev–Trinajstić information content (AvgIpc) is 2.14. The molecule has 1 unspecified atom stereocenters.